The minimum atomic E-state index is -0.876. The van der Waals surface area contributed by atoms with Gasteiger partial charge in [0.25, 0.3) is 11.5 Å². The van der Waals surface area contributed by atoms with Crippen molar-refractivity contribution in [2.75, 3.05) is 47.0 Å². The van der Waals surface area contributed by atoms with E-state index < -0.39 is 41.1 Å². The van der Waals surface area contributed by atoms with E-state index in [1.54, 1.807) is 52.1 Å². The van der Waals surface area contributed by atoms with Crippen LogP contribution in [0.3, 0.4) is 0 Å². The summed E-state index contributed by atoms with van der Waals surface area (Å²) in [6.45, 7) is 5.98. The molecule has 0 aliphatic heterocycles. The first-order chi connectivity index (χ1) is 20.0. The number of hydrogen-bond acceptors (Lipinski definition) is 10. The van der Waals surface area contributed by atoms with Gasteiger partial charge in [0.2, 0.25) is 5.91 Å². The number of esters is 1. The second kappa shape index (κ2) is 16.7. The Kier molecular flexibility index (Phi) is 13.5. The fourth-order valence-corrected chi connectivity index (χ4v) is 3.42. The first-order valence-electron chi connectivity index (χ1n) is 13.3. The van der Waals surface area contributed by atoms with Crippen molar-refractivity contribution in [3.05, 3.63) is 69.6 Å². The first kappa shape index (κ1) is 33.8. The number of rotatable bonds is 15. The summed E-state index contributed by atoms with van der Waals surface area (Å²) in [6, 6.07) is 10.6. The number of hydrogen-bond donors (Lipinski definition) is 4. The van der Waals surface area contributed by atoms with Gasteiger partial charge < -0.3 is 40.3 Å². The normalized spacial score (nSPS) is 11.6. The number of ether oxygens (including phenoxy) is 3. The molecule has 2 aromatic rings. The third kappa shape index (κ3) is 11.2. The molecule has 1 aromatic carbocycles. The highest BCUT2D eigenvalue weighted by molar-refractivity contribution is 5.94. The quantitative estimate of drug-likeness (QED) is 0.166. The van der Waals surface area contributed by atoms with Gasteiger partial charge in [-0.25, -0.2) is 9.59 Å². The van der Waals surface area contributed by atoms with E-state index in [1.165, 1.54) is 12.1 Å². The van der Waals surface area contributed by atoms with Crippen LogP contribution >= 0.6 is 0 Å². The van der Waals surface area contributed by atoms with Gasteiger partial charge in [-0.05, 0) is 45.5 Å². The van der Waals surface area contributed by atoms with E-state index in [0.717, 1.165) is 17.4 Å². The third-order valence-electron chi connectivity index (χ3n) is 5.47. The maximum Gasteiger partial charge on any atom is 0.407 e. The lowest BCUT2D eigenvalue weighted by atomic mass is 10.2. The van der Waals surface area contributed by atoms with Gasteiger partial charge in [-0.3, -0.25) is 14.4 Å². The molecule has 1 heterocycles. The van der Waals surface area contributed by atoms with E-state index >= 15 is 0 Å². The zero-order valence-electron chi connectivity index (χ0n) is 24.5. The number of alkyl carbamates (subject to hydrolysis) is 1. The average molecular weight is 590 g/mol. The summed E-state index contributed by atoms with van der Waals surface area (Å²) in [7, 11) is 2.69. The number of benzene rings is 1. The Bertz CT molecular complexity index is 1260. The topological polar surface area (TPSA) is 175 Å². The van der Waals surface area contributed by atoms with Crippen LogP contribution in [0.2, 0.25) is 0 Å². The van der Waals surface area contributed by atoms with Crippen LogP contribution in [0.5, 0.6) is 0 Å². The van der Waals surface area contributed by atoms with Gasteiger partial charge in [0.1, 0.15) is 29.5 Å². The number of methoxy groups -OCH3 is 1. The molecular weight excluding hydrogens is 550 g/mol. The Morgan fingerprint density at radius 1 is 0.929 bits per heavy atom. The number of carbonyl (C=O) groups is 4. The van der Waals surface area contributed by atoms with Gasteiger partial charge in [0.05, 0.1) is 20.3 Å². The van der Waals surface area contributed by atoms with Gasteiger partial charge in [0.15, 0.2) is 0 Å². The highest BCUT2D eigenvalue weighted by atomic mass is 16.7. The van der Waals surface area contributed by atoms with Crippen molar-refractivity contribution in [2.45, 2.75) is 39.0 Å². The summed E-state index contributed by atoms with van der Waals surface area (Å²) in [6.07, 6.45) is -0.544. The van der Waals surface area contributed by atoms with E-state index in [-0.39, 0.29) is 50.7 Å². The lowest BCUT2D eigenvalue weighted by Crippen LogP contribution is -2.50. The molecule has 230 valence electrons. The highest BCUT2D eigenvalue weighted by Gasteiger charge is 2.23. The Hall–Kier alpha value is -4.43. The standard InChI is InChI=1S/C28H39N5O9/c1-28(2,3)42-27(38)31-14-16-40-15-13-30-23(34)21(29-4)17-32-24(35)22-12-11-20(26(37)39-5)25(36)33(22)41-18-19-9-7-6-8-10-19/h6-12,21,29H,13-18H2,1-5H3,(H,30,34)(H,31,38)(H,32,35). The number of carbonyl (C=O) groups excluding carboxylic acids is 4. The second-order valence-corrected chi connectivity index (χ2v) is 9.87. The molecule has 0 fully saturated rings. The minimum Gasteiger partial charge on any atom is -0.465 e. The molecule has 4 N–H and O–H groups in total. The lowest BCUT2D eigenvalue weighted by molar-refractivity contribution is -0.123. The van der Waals surface area contributed by atoms with Crippen LogP contribution in [0.25, 0.3) is 0 Å². The SMILES string of the molecule is CNC(CNC(=O)c1ccc(C(=O)OC)c(=O)n1OCc1ccccc1)C(=O)NCCOCCNC(=O)OC(C)(C)C. The number of aromatic nitrogens is 1. The maximum atomic E-state index is 13.0. The Labute approximate surface area is 244 Å². The maximum absolute atomic E-state index is 13.0. The number of nitrogens with zero attached hydrogens (tertiary/aromatic N) is 1. The molecule has 0 aliphatic rings. The Balaban J connectivity index is 1.90. The Morgan fingerprint density at radius 3 is 2.21 bits per heavy atom. The number of likely N-dealkylation sites (N-methyl/N-ethyl adjacent to an activating group) is 1. The summed E-state index contributed by atoms with van der Waals surface area (Å²) >= 11 is 0. The van der Waals surface area contributed by atoms with Crippen molar-refractivity contribution in [3.8, 4) is 0 Å². The molecule has 1 atom stereocenters. The van der Waals surface area contributed by atoms with E-state index in [0.29, 0.717) is 0 Å². The summed E-state index contributed by atoms with van der Waals surface area (Å²) in [4.78, 5) is 67.8. The summed E-state index contributed by atoms with van der Waals surface area (Å²) in [5, 5.41) is 10.7. The molecule has 1 unspecified atom stereocenters. The van der Waals surface area contributed by atoms with Crippen molar-refractivity contribution in [1.82, 2.24) is 26.0 Å². The van der Waals surface area contributed by atoms with Crippen molar-refractivity contribution in [2.24, 2.45) is 0 Å². The van der Waals surface area contributed by atoms with Crippen molar-refractivity contribution < 1.29 is 38.2 Å². The predicted octanol–water partition coefficient (Wildman–Crippen LogP) is 0.239. The summed E-state index contributed by atoms with van der Waals surface area (Å²) < 4.78 is 15.9. The summed E-state index contributed by atoms with van der Waals surface area (Å²) in [5.41, 5.74) is -1.21. The molecule has 14 nitrogen and oxygen atoms in total. The molecule has 1 aromatic heterocycles. The Morgan fingerprint density at radius 2 is 1.60 bits per heavy atom. The summed E-state index contributed by atoms with van der Waals surface area (Å²) in [5.74, 6) is -1.98. The van der Waals surface area contributed by atoms with E-state index in [2.05, 4.69) is 26.0 Å². The van der Waals surface area contributed by atoms with E-state index in [9.17, 15) is 24.0 Å². The van der Waals surface area contributed by atoms with Crippen LogP contribution in [0.15, 0.2) is 47.3 Å². The van der Waals surface area contributed by atoms with Gasteiger partial charge >= 0.3 is 12.1 Å². The van der Waals surface area contributed by atoms with Gasteiger partial charge in [-0.1, -0.05) is 30.3 Å². The monoisotopic (exact) mass is 589 g/mol. The smallest absolute Gasteiger partial charge is 0.407 e. The molecule has 0 aliphatic carbocycles. The largest absolute Gasteiger partial charge is 0.465 e. The number of nitrogens with one attached hydrogen (secondary N) is 4. The minimum absolute atomic E-state index is 0.0493. The molecule has 0 bridgehead atoms. The second-order valence-electron chi connectivity index (χ2n) is 9.87. The van der Waals surface area contributed by atoms with E-state index in [1.807, 2.05) is 6.07 Å². The zero-order chi connectivity index (χ0) is 31.1. The van der Waals surface area contributed by atoms with Gasteiger partial charge in [0, 0.05) is 19.6 Å². The molecule has 0 saturated carbocycles. The number of amides is 3. The lowest BCUT2D eigenvalue weighted by Gasteiger charge is -2.19. The molecule has 2 rings (SSSR count). The van der Waals surface area contributed by atoms with Crippen LogP contribution in [-0.4, -0.2) is 87.3 Å². The molecule has 0 radical (unpaired) electrons. The first-order valence-corrected chi connectivity index (χ1v) is 13.3. The highest BCUT2D eigenvalue weighted by Crippen LogP contribution is 2.06. The fourth-order valence-electron chi connectivity index (χ4n) is 3.42. The molecule has 0 spiro atoms. The number of pyridine rings is 1. The van der Waals surface area contributed by atoms with Crippen LogP contribution < -0.4 is 31.7 Å². The average Bonchev–Trinajstić information content (AvgIpc) is 2.95. The third-order valence-corrected chi connectivity index (χ3v) is 5.47. The van der Waals surface area contributed by atoms with Gasteiger partial charge in [-0.15, -0.1) is 4.73 Å². The van der Waals surface area contributed by atoms with Crippen LogP contribution in [0.1, 0.15) is 47.2 Å². The van der Waals surface area contributed by atoms with Gasteiger partial charge in [-0.2, -0.15) is 0 Å². The molecule has 0 saturated heterocycles. The fraction of sp³-hybridized carbons (Fsp3) is 0.464. The molecular formula is C28H39N5O9. The molecule has 3 amide bonds. The van der Waals surface area contributed by atoms with Crippen molar-refractivity contribution in [3.63, 3.8) is 0 Å². The molecule has 14 heteroatoms. The van der Waals surface area contributed by atoms with E-state index in [4.69, 9.17) is 14.3 Å². The van der Waals surface area contributed by atoms with Crippen LogP contribution in [0, 0.1) is 0 Å². The molecule has 42 heavy (non-hydrogen) atoms. The van der Waals surface area contributed by atoms with Crippen molar-refractivity contribution in [1.29, 1.82) is 0 Å². The van der Waals surface area contributed by atoms with Crippen LogP contribution in [-0.2, 0) is 25.6 Å². The van der Waals surface area contributed by atoms with Crippen molar-refractivity contribution >= 4 is 23.9 Å². The predicted molar refractivity (Wildman–Crippen MR) is 152 cm³/mol. The zero-order valence-corrected chi connectivity index (χ0v) is 24.5. The van der Waals surface area contributed by atoms with Crippen LogP contribution in [0.4, 0.5) is 4.79 Å².